The molecule has 6 nitrogen and oxygen atoms in total. The third-order valence-corrected chi connectivity index (χ3v) is 5.73. The zero-order valence-corrected chi connectivity index (χ0v) is 16.5. The molecular weight excluding hydrogens is 396 g/mol. The third-order valence-electron chi connectivity index (χ3n) is 4.46. The van der Waals surface area contributed by atoms with Crippen molar-refractivity contribution in [1.29, 1.82) is 5.26 Å². The van der Waals surface area contributed by atoms with Crippen LogP contribution in [0.2, 0.25) is 5.02 Å². The van der Waals surface area contributed by atoms with Gasteiger partial charge in [-0.25, -0.2) is 4.98 Å². The summed E-state index contributed by atoms with van der Waals surface area (Å²) in [5.74, 6) is 1.34. The SMILES string of the molecule is COc1ccc(-c2nc3n(c(=O)c2C#N)CN(c2ccc(Cl)cc2)CS3)cc1. The molecule has 0 amide bonds. The van der Waals surface area contributed by atoms with Crippen LogP contribution in [-0.4, -0.2) is 22.5 Å². The molecule has 4 rings (SSSR count). The van der Waals surface area contributed by atoms with E-state index in [2.05, 4.69) is 4.98 Å². The van der Waals surface area contributed by atoms with Crippen molar-refractivity contribution < 1.29 is 4.74 Å². The highest BCUT2D eigenvalue weighted by Gasteiger charge is 2.24. The summed E-state index contributed by atoms with van der Waals surface area (Å²) in [6, 6.07) is 16.6. The second-order valence-electron chi connectivity index (χ2n) is 6.12. The van der Waals surface area contributed by atoms with Crippen molar-refractivity contribution in [2.24, 2.45) is 0 Å². The lowest BCUT2D eigenvalue weighted by molar-refractivity contribution is 0.415. The number of thioether (sulfide) groups is 1. The van der Waals surface area contributed by atoms with E-state index in [1.165, 1.54) is 16.3 Å². The van der Waals surface area contributed by atoms with Crippen molar-refractivity contribution in [3.63, 3.8) is 0 Å². The zero-order chi connectivity index (χ0) is 19.7. The number of nitriles is 1. The number of hydrogen-bond donors (Lipinski definition) is 0. The minimum atomic E-state index is -0.343. The van der Waals surface area contributed by atoms with E-state index < -0.39 is 0 Å². The molecule has 1 aliphatic heterocycles. The van der Waals surface area contributed by atoms with E-state index in [1.54, 1.807) is 31.4 Å². The maximum Gasteiger partial charge on any atom is 0.274 e. The molecule has 1 aliphatic rings. The number of ether oxygens (including phenoxy) is 1. The molecule has 28 heavy (non-hydrogen) atoms. The van der Waals surface area contributed by atoms with Crippen LogP contribution >= 0.6 is 23.4 Å². The molecule has 0 aliphatic carbocycles. The number of methoxy groups -OCH3 is 1. The molecule has 2 heterocycles. The highest BCUT2D eigenvalue weighted by molar-refractivity contribution is 7.99. The molecule has 0 radical (unpaired) electrons. The molecule has 3 aromatic rings. The molecule has 0 atom stereocenters. The molecule has 0 bridgehead atoms. The van der Waals surface area contributed by atoms with Gasteiger partial charge in [-0.05, 0) is 48.5 Å². The number of fused-ring (bicyclic) bond motifs is 1. The van der Waals surface area contributed by atoms with Crippen LogP contribution in [0.5, 0.6) is 5.75 Å². The van der Waals surface area contributed by atoms with Crippen LogP contribution in [0, 0.1) is 11.3 Å². The van der Waals surface area contributed by atoms with Gasteiger partial charge in [0.2, 0.25) is 0 Å². The van der Waals surface area contributed by atoms with Crippen molar-refractivity contribution in [2.75, 3.05) is 17.9 Å². The van der Waals surface area contributed by atoms with Crippen molar-refractivity contribution in [3.8, 4) is 23.1 Å². The largest absolute Gasteiger partial charge is 0.497 e. The van der Waals surface area contributed by atoms with Crippen molar-refractivity contribution in [3.05, 3.63) is 69.5 Å². The van der Waals surface area contributed by atoms with E-state index >= 15 is 0 Å². The lowest BCUT2D eigenvalue weighted by atomic mass is 10.1. The Morgan fingerprint density at radius 2 is 1.89 bits per heavy atom. The molecule has 1 aromatic heterocycles. The Balaban J connectivity index is 1.75. The number of nitrogens with zero attached hydrogens (tertiary/aromatic N) is 4. The van der Waals surface area contributed by atoms with Gasteiger partial charge in [0.25, 0.3) is 5.56 Å². The smallest absolute Gasteiger partial charge is 0.274 e. The van der Waals surface area contributed by atoms with Crippen LogP contribution in [0.25, 0.3) is 11.3 Å². The molecule has 2 aromatic carbocycles. The fourth-order valence-electron chi connectivity index (χ4n) is 2.98. The van der Waals surface area contributed by atoms with Crippen LogP contribution in [-0.2, 0) is 6.67 Å². The maximum absolute atomic E-state index is 13.0. The summed E-state index contributed by atoms with van der Waals surface area (Å²) in [5.41, 5.74) is 1.75. The van der Waals surface area contributed by atoms with Crippen molar-refractivity contribution >= 4 is 29.1 Å². The van der Waals surface area contributed by atoms with E-state index in [-0.39, 0.29) is 11.1 Å². The van der Waals surface area contributed by atoms with E-state index in [1.807, 2.05) is 35.2 Å². The fourth-order valence-corrected chi connectivity index (χ4v) is 4.06. The first-order chi connectivity index (χ1) is 13.6. The molecule has 0 saturated heterocycles. The Labute approximate surface area is 171 Å². The average Bonchev–Trinajstić information content (AvgIpc) is 2.74. The molecule has 0 saturated carbocycles. The van der Waals surface area contributed by atoms with Gasteiger partial charge in [-0.1, -0.05) is 23.4 Å². The molecule has 0 unspecified atom stereocenters. The number of anilines is 1. The lowest BCUT2D eigenvalue weighted by Crippen LogP contribution is -2.38. The molecule has 0 N–H and O–H groups in total. The first-order valence-corrected chi connectivity index (χ1v) is 9.79. The quantitative estimate of drug-likeness (QED) is 0.608. The Bertz CT molecular complexity index is 1120. The second-order valence-corrected chi connectivity index (χ2v) is 7.47. The molecule has 8 heteroatoms. The van der Waals surface area contributed by atoms with Gasteiger partial charge in [0.05, 0.1) is 18.7 Å². The van der Waals surface area contributed by atoms with Gasteiger partial charge < -0.3 is 9.64 Å². The van der Waals surface area contributed by atoms with Crippen molar-refractivity contribution in [1.82, 2.24) is 9.55 Å². The molecule has 0 spiro atoms. The highest BCUT2D eigenvalue weighted by atomic mass is 35.5. The highest BCUT2D eigenvalue weighted by Crippen LogP contribution is 2.30. The summed E-state index contributed by atoms with van der Waals surface area (Å²) in [6.07, 6.45) is 0. The average molecular weight is 411 g/mol. The molecule has 140 valence electrons. The predicted molar refractivity (Wildman–Crippen MR) is 110 cm³/mol. The first kappa shape index (κ1) is 18.4. The summed E-state index contributed by atoms with van der Waals surface area (Å²) >= 11 is 7.41. The summed E-state index contributed by atoms with van der Waals surface area (Å²) < 4.78 is 6.70. The number of aromatic nitrogens is 2. The van der Waals surface area contributed by atoms with Crippen LogP contribution < -0.4 is 15.2 Å². The Hall–Kier alpha value is -2.95. The first-order valence-electron chi connectivity index (χ1n) is 8.43. The standard InChI is InChI=1S/C20H15ClN4O2S/c1-27-16-8-2-13(3-9-16)18-17(10-22)19(26)25-11-24(12-28-20(25)23-18)15-6-4-14(21)5-7-15/h2-9H,11-12H2,1H3. The monoisotopic (exact) mass is 410 g/mol. The van der Waals surface area contributed by atoms with Gasteiger partial charge in [0.1, 0.15) is 24.1 Å². The van der Waals surface area contributed by atoms with Crippen LogP contribution in [0.15, 0.2) is 58.5 Å². The van der Waals surface area contributed by atoms with Gasteiger partial charge in [0.15, 0.2) is 5.16 Å². The summed E-state index contributed by atoms with van der Waals surface area (Å²) in [5, 5.41) is 10.9. The topological polar surface area (TPSA) is 71.1 Å². The summed E-state index contributed by atoms with van der Waals surface area (Å²) in [6.45, 7) is 0.327. The van der Waals surface area contributed by atoms with E-state index in [9.17, 15) is 10.1 Å². The van der Waals surface area contributed by atoms with Crippen LogP contribution in [0.3, 0.4) is 0 Å². The minimum absolute atomic E-state index is 0.0347. The number of rotatable bonds is 3. The molecule has 0 fully saturated rings. The summed E-state index contributed by atoms with van der Waals surface area (Å²) in [7, 11) is 1.59. The van der Waals surface area contributed by atoms with Gasteiger partial charge in [-0.3, -0.25) is 9.36 Å². The van der Waals surface area contributed by atoms with Gasteiger partial charge >= 0.3 is 0 Å². The van der Waals surface area contributed by atoms with Crippen LogP contribution in [0.1, 0.15) is 5.56 Å². The number of benzene rings is 2. The fraction of sp³-hybridized carbons (Fsp3) is 0.150. The Morgan fingerprint density at radius 3 is 2.54 bits per heavy atom. The predicted octanol–water partition coefficient (Wildman–Crippen LogP) is 3.97. The Kier molecular flexibility index (Phi) is 4.99. The number of hydrogen-bond acceptors (Lipinski definition) is 6. The van der Waals surface area contributed by atoms with E-state index in [0.29, 0.717) is 39.7 Å². The van der Waals surface area contributed by atoms with Crippen molar-refractivity contribution in [2.45, 2.75) is 11.8 Å². The van der Waals surface area contributed by atoms with Gasteiger partial charge in [-0.15, -0.1) is 0 Å². The second kappa shape index (κ2) is 7.58. The molecular formula is C20H15ClN4O2S. The normalized spacial score (nSPS) is 13.0. The van der Waals surface area contributed by atoms with E-state index in [0.717, 1.165) is 5.69 Å². The van der Waals surface area contributed by atoms with E-state index in [4.69, 9.17) is 16.3 Å². The number of halogens is 1. The third kappa shape index (κ3) is 3.33. The Morgan fingerprint density at radius 1 is 1.18 bits per heavy atom. The van der Waals surface area contributed by atoms with Gasteiger partial charge in [0, 0.05) is 16.3 Å². The van der Waals surface area contributed by atoms with Gasteiger partial charge in [-0.2, -0.15) is 5.26 Å². The minimum Gasteiger partial charge on any atom is -0.497 e. The summed E-state index contributed by atoms with van der Waals surface area (Å²) in [4.78, 5) is 19.7. The maximum atomic E-state index is 13.0. The zero-order valence-electron chi connectivity index (χ0n) is 14.9. The lowest BCUT2D eigenvalue weighted by Gasteiger charge is -2.31. The van der Waals surface area contributed by atoms with Crippen LogP contribution in [0.4, 0.5) is 5.69 Å².